The fourth-order valence-corrected chi connectivity index (χ4v) is 1.78. The number of aromatic nitrogens is 2. The molecule has 2 aromatic rings. The molecule has 0 aliphatic heterocycles. The Morgan fingerprint density at radius 2 is 2.14 bits per heavy atom. The van der Waals surface area contributed by atoms with Crippen molar-refractivity contribution in [1.82, 2.24) is 9.78 Å². The Kier molecular flexibility index (Phi) is 4.02. The molecule has 0 aliphatic rings. The molecular weight excluding hydrogens is 274 g/mol. The summed E-state index contributed by atoms with van der Waals surface area (Å²) in [6.45, 7) is 5.29. The predicted molar refractivity (Wildman–Crippen MR) is 75.8 cm³/mol. The van der Waals surface area contributed by atoms with Gasteiger partial charge in [0.1, 0.15) is 5.75 Å². The minimum atomic E-state index is -0.549. The highest BCUT2D eigenvalue weighted by molar-refractivity contribution is 5.97. The van der Waals surface area contributed by atoms with Gasteiger partial charge in [-0.1, -0.05) is 0 Å². The molecule has 0 radical (unpaired) electrons. The van der Waals surface area contributed by atoms with Gasteiger partial charge in [-0.05, 0) is 26.8 Å². The van der Waals surface area contributed by atoms with Crippen molar-refractivity contribution in [3.05, 3.63) is 46.3 Å². The SMILES string of the molecule is CC(=O)c1cc([N+](=O)[O-])ccc1Oc1cnn(C(C)C)c1. The maximum Gasteiger partial charge on any atom is 0.270 e. The average molecular weight is 289 g/mol. The fourth-order valence-electron chi connectivity index (χ4n) is 1.78. The molecular formula is C14H15N3O4. The molecule has 1 heterocycles. The minimum Gasteiger partial charge on any atom is -0.453 e. The lowest BCUT2D eigenvalue weighted by Crippen LogP contribution is -2.00. The first-order valence-electron chi connectivity index (χ1n) is 6.40. The lowest BCUT2D eigenvalue weighted by Gasteiger charge is -2.07. The minimum absolute atomic E-state index is 0.148. The van der Waals surface area contributed by atoms with E-state index in [2.05, 4.69) is 5.10 Å². The van der Waals surface area contributed by atoms with Crippen molar-refractivity contribution in [3.63, 3.8) is 0 Å². The van der Waals surface area contributed by atoms with E-state index >= 15 is 0 Å². The number of ketones is 1. The number of ether oxygens (including phenoxy) is 1. The van der Waals surface area contributed by atoms with Gasteiger partial charge in [0.05, 0.1) is 22.9 Å². The summed E-state index contributed by atoms with van der Waals surface area (Å²) in [6.07, 6.45) is 3.24. The third kappa shape index (κ3) is 3.25. The monoisotopic (exact) mass is 289 g/mol. The van der Waals surface area contributed by atoms with Crippen LogP contribution in [0.1, 0.15) is 37.2 Å². The molecule has 110 valence electrons. The van der Waals surface area contributed by atoms with Crippen molar-refractivity contribution in [2.45, 2.75) is 26.8 Å². The zero-order valence-corrected chi connectivity index (χ0v) is 11.9. The van der Waals surface area contributed by atoms with Gasteiger partial charge >= 0.3 is 0 Å². The fraction of sp³-hybridized carbons (Fsp3) is 0.286. The summed E-state index contributed by atoms with van der Waals surface area (Å²) in [5.74, 6) is 0.446. The van der Waals surface area contributed by atoms with E-state index in [9.17, 15) is 14.9 Å². The van der Waals surface area contributed by atoms with Crippen LogP contribution in [0.15, 0.2) is 30.6 Å². The summed E-state index contributed by atoms with van der Waals surface area (Å²) < 4.78 is 7.33. The molecule has 0 saturated heterocycles. The predicted octanol–water partition coefficient (Wildman–Crippen LogP) is 3.37. The van der Waals surface area contributed by atoms with Crippen LogP contribution in [-0.2, 0) is 0 Å². The van der Waals surface area contributed by atoms with E-state index in [1.807, 2.05) is 13.8 Å². The van der Waals surface area contributed by atoms with E-state index < -0.39 is 4.92 Å². The number of non-ortho nitro benzene ring substituents is 1. The van der Waals surface area contributed by atoms with Crippen LogP contribution < -0.4 is 4.74 Å². The van der Waals surface area contributed by atoms with Crippen LogP contribution in [-0.4, -0.2) is 20.5 Å². The quantitative estimate of drug-likeness (QED) is 0.478. The number of Topliss-reactive ketones (excluding diaryl/α,β-unsaturated/α-hetero) is 1. The van der Waals surface area contributed by atoms with E-state index in [0.717, 1.165) is 0 Å². The van der Waals surface area contributed by atoms with Crippen molar-refractivity contribution in [2.24, 2.45) is 0 Å². The smallest absolute Gasteiger partial charge is 0.270 e. The van der Waals surface area contributed by atoms with E-state index in [4.69, 9.17) is 4.74 Å². The van der Waals surface area contributed by atoms with Crippen LogP contribution in [0, 0.1) is 10.1 Å². The first-order chi connectivity index (χ1) is 9.88. The topological polar surface area (TPSA) is 87.3 Å². The lowest BCUT2D eigenvalue weighted by molar-refractivity contribution is -0.384. The van der Waals surface area contributed by atoms with Crippen molar-refractivity contribution in [2.75, 3.05) is 0 Å². The molecule has 0 spiro atoms. The number of nitro benzene ring substituents is 1. The van der Waals surface area contributed by atoms with Crippen molar-refractivity contribution in [1.29, 1.82) is 0 Å². The van der Waals surface area contributed by atoms with Gasteiger partial charge < -0.3 is 4.74 Å². The second-order valence-electron chi connectivity index (χ2n) is 4.85. The van der Waals surface area contributed by atoms with Crippen molar-refractivity contribution >= 4 is 11.5 Å². The number of nitrogens with zero attached hydrogens (tertiary/aromatic N) is 3. The molecule has 0 amide bonds. The van der Waals surface area contributed by atoms with Gasteiger partial charge in [0, 0.05) is 18.2 Å². The summed E-state index contributed by atoms with van der Waals surface area (Å²) >= 11 is 0. The lowest BCUT2D eigenvalue weighted by atomic mass is 10.1. The molecule has 1 aromatic carbocycles. The third-order valence-corrected chi connectivity index (χ3v) is 2.89. The normalized spacial score (nSPS) is 10.7. The van der Waals surface area contributed by atoms with Crippen LogP contribution in [0.4, 0.5) is 5.69 Å². The van der Waals surface area contributed by atoms with Crippen LogP contribution in [0.25, 0.3) is 0 Å². The molecule has 0 bridgehead atoms. The largest absolute Gasteiger partial charge is 0.453 e. The van der Waals surface area contributed by atoms with Gasteiger partial charge in [0.15, 0.2) is 11.5 Å². The molecule has 0 N–H and O–H groups in total. The number of hydrogen-bond acceptors (Lipinski definition) is 5. The molecule has 0 unspecified atom stereocenters. The van der Waals surface area contributed by atoms with Gasteiger partial charge in [-0.15, -0.1) is 0 Å². The van der Waals surface area contributed by atoms with E-state index in [0.29, 0.717) is 5.75 Å². The average Bonchev–Trinajstić information content (AvgIpc) is 2.87. The summed E-state index contributed by atoms with van der Waals surface area (Å²) in [5.41, 5.74) is 0.0203. The maximum atomic E-state index is 11.6. The van der Waals surface area contributed by atoms with Crippen LogP contribution in [0.2, 0.25) is 0 Å². The van der Waals surface area contributed by atoms with Gasteiger partial charge in [0.25, 0.3) is 5.69 Å². The van der Waals surface area contributed by atoms with Gasteiger partial charge in [0.2, 0.25) is 0 Å². The van der Waals surface area contributed by atoms with Crippen LogP contribution >= 0.6 is 0 Å². The summed E-state index contributed by atoms with van der Waals surface area (Å²) in [7, 11) is 0. The highest BCUT2D eigenvalue weighted by Gasteiger charge is 2.16. The van der Waals surface area contributed by atoms with E-state index in [-0.39, 0.29) is 28.8 Å². The van der Waals surface area contributed by atoms with Gasteiger partial charge in [-0.2, -0.15) is 5.10 Å². The first-order valence-corrected chi connectivity index (χ1v) is 6.40. The number of carbonyl (C=O) groups is 1. The molecule has 0 fully saturated rings. The standard InChI is InChI=1S/C14H15N3O4/c1-9(2)16-8-12(7-15-16)21-14-5-4-11(17(19)20)6-13(14)10(3)18/h4-9H,1-3H3. The highest BCUT2D eigenvalue weighted by Crippen LogP contribution is 2.29. The number of nitro groups is 1. The number of carbonyl (C=O) groups excluding carboxylic acids is 1. The Labute approximate surface area is 121 Å². The summed E-state index contributed by atoms with van der Waals surface area (Å²) in [6, 6.07) is 4.12. The van der Waals surface area contributed by atoms with Crippen LogP contribution in [0.3, 0.4) is 0 Å². The molecule has 0 aliphatic carbocycles. The van der Waals surface area contributed by atoms with E-state index in [1.165, 1.54) is 31.3 Å². The molecule has 0 atom stereocenters. The zero-order chi connectivity index (χ0) is 15.6. The Balaban J connectivity index is 2.34. The van der Waals surface area contributed by atoms with Crippen molar-refractivity contribution < 1.29 is 14.5 Å². The Hall–Kier alpha value is -2.70. The van der Waals surface area contributed by atoms with Crippen molar-refractivity contribution in [3.8, 4) is 11.5 Å². The third-order valence-electron chi connectivity index (χ3n) is 2.89. The highest BCUT2D eigenvalue weighted by atomic mass is 16.6. The molecule has 7 heteroatoms. The van der Waals surface area contributed by atoms with Crippen LogP contribution in [0.5, 0.6) is 11.5 Å². The second-order valence-corrected chi connectivity index (χ2v) is 4.85. The first kappa shape index (κ1) is 14.7. The van der Waals surface area contributed by atoms with Gasteiger partial charge in [-0.3, -0.25) is 19.6 Å². The molecule has 0 saturated carbocycles. The Morgan fingerprint density at radius 1 is 1.43 bits per heavy atom. The van der Waals surface area contributed by atoms with Gasteiger partial charge in [-0.25, -0.2) is 0 Å². The maximum absolute atomic E-state index is 11.6. The Bertz CT molecular complexity index is 691. The second kappa shape index (κ2) is 5.74. The zero-order valence-electron chi connectivity index (χ0n) is 11.9. The Morgan fingerprint density at radius 3 is 2.67 bits per heavy atom. The molecule has 1 aromatic heterocycles. The summed E-state index contributed by atoms with van der Waals surface area (Å²) in [5, 5.41) is 14.9. The number of rotatable bonds is 5. The molecule has 7 nitrogen and oxygen atoms in total. The molecule has 2 rings (SSSR count). The summed E-state index contributed by atoms with van der Waals surface area (Å²) in [4.78, 5) is 21.8. The van der Waals surface area contributed by atoms with E-state index in [1.54, 1.807) is 10.9 Å². The molecule has 21 heavy (non-hydrogen) atoms. The number of benzene rings is 1. The number of hydrogen-bond donors (Lipinski definition) is 0.